The molecular weight excluding hydrogens is 538 g/mol. The SMILES string of the molecule is COC(=O)[C@@H]1CSCc2c(O)cc(O)c(C)c2C(=O)OC[C@@H](NC(=O)[C@H](CO)NC(=O)OC(C)(C)C)C(=O)N1. The number of benzene rings is 1. The number of amides is 3. The average molecular weight is 572 g/mol. The van der Waals surface area contributed by atoms with Crippen molar-refractivity contribution in [2.75, 3.05) is 26.1 Å². The molecule has 14 nitrogen and oxygen atoms in total. The topological polar surface area (TPSA) is 210 Å². The van der Waals surface area contributed by atoms with Gasteiger partial charge >= 0.3 is 18.0 Å². The molecule has 1 aromatic rings. The second-order valence-corrected chi connectivity index (χ2v) is 10.6. The molecule has 0 radical (unpaired) electrons. The number of alkyl carbamates (subject to hydrolysis) is 1. The number of aliphatic hydroxyl groups is 1. The third kappa shape index (κ3) is 8.64. The van der Waals surface area contributed by atoms with E-state index in [1.807, 2.05) is 0 Å². The molecule has 1 aliphatic heterocycles. The highest BCUT2D eigenvalue weighted by molar-refractivity contribution is 7.98. The number of aliphatic hydroxyl groups excluding tert-OH is 1. The molecule has 0 saturated carbocycles. The largest absolute Gasteiger partial charge is 0.508 e. The standard InChI is InChI=1S/C24H33N3O11S/c1-11-16(29)6-17(30)12-9-39-10-15(21(33)36-5)26-20(32)14(8-37-22(34)18(11)12)25-19(31)13(7-28)27-23(35)38-24(2,3)4/h6,13-15,28-30H,7-10H2,1-5H3,(H,25,31)(H,26,32)(H,27,35)/t13-,14+,15-/m0/s1. The van der Waals surface area contributed by atoms with E-state index in [4.69, 9.17) is 14.2 Å². The van der Waals surface area contributed by atoms with Crippen molar-refractivity contribution in [3.63, 3.8) is 0 Å². The predicted molar refractivity (Wildman–Crippen MR) is 137 cm³/mol. The Labute approximate surface area is 228 Å². The fourth-order valence-corrected chi connectivity index (χ4v) is 4.49. The summed E-state index contributed by atoms with van der Waals surface area (Å²) in [5, 5.41) is 37.0. The molecule has 1 aliphatic rings. The summed E-state index contributed by atoms with van der Waals surface area (Å²) in [5.74, 6) is -4.47. The Kier molecular flexibility index (Phi) is 10.8. The molecule has 0 bridgehead atoms. The molecule has 1 heterocycles. The Hall–Kier alpha value is -3.72. The maximum atomic E-state index is 13.1. The lowest BCUT2D eigenvalue weighted by Crippen LogP contribution is -2.58. The molecule has 0 spiro atoms. The van der Waals surface area contributed by atoms with Gasteiger partial charge < -0.3 is 45.5 Å². The van der Waals surface area contributed by atoms with Crippen LogP contribution < -0.4 is 16.0 Å². The fourth-order valence-electron chi connectivity index (χ4n) is 3.42. The number of hydrogen-bond donors (Lipinski definition) is 6. The first-order chi connectivity index (χ1) is 18.2. The lowest BCUT2D eigenvalue weighted by atomic mass is 10.0. The van der Waals surface area contributed by atoms with Gasteiger partial charge in [0, 0.05) is 28.7 Å². The summed E-state index contributed by atoms with van der Waals surface area (Å²) in [6.07, 6.45) is -0.999. The summed E-state index contributed by atoms with van der Waals surface area (Å²) in [7, 11) is 1.12. The van der Waals surface area contributed by atoms with Gasteiger partial charge in [-0.1, -0.05) is 0 Å². The van der Waals surface area contributed by atoms with Gasteiger partial charge in [-0.2, -0.15) is 11.8 Å². The van der Waals surface area contributed by atoms with Crippen molar-refractivity contribution in [1.82, 2.24) is 16.0 Å². The Bertz CT molecular complexity index is 1120. The van der Waals surface area contributed by atoms with Crippen LogP contribution in [0.15, 0.2) is 6.07 Å². The summed E-state index contributed by atoms with van der Waals surface area (Å²) in [6, 6.07) is -3.22. The van der Waals surface area contributed by atoms with Crippen molar-refractivity contribution in [1.29, 1.82) is 0 Å². The molecule has 6 N–H and O–H groups in total. The van der Waals surface area contributed by atoms with E-state index < -0.39 is 66.8 Å². The Morgan fingerprint density at radius 2 is 1.90 bits per heavy atom. The molecule has 0 aromatic heterocycles. The molecule has 39 heavy (non-hydrogen) atoms. The fraction of sp³-hybridized carbons (Fsp3) is 0.542. The molecule has 3 amide bonds. The van der Waals surface area contributed by atoms with Crippen molar-refractivity contribution < 1.29 is 53.5 Å². The van der Waals surface area contributed by atoms with E-state index >= 15 is 0 Å². The molecule has 1 aromatic carbocycles. The second kappa shape index (κ2) is 13.4. The van der Waals surface area contributed by atoms with E-state index in [1.165, 1.54) is 6.92 Å². The number of phenols is 2. The van der Waals surface area contributed by atoms with Crippen LogP contribution in [-0.4, -0.2) is 95.0 Å². The van der Waals surface area contributed by atoms with Crippen LogP contribution in [0.5, 0.6) is 11.5 Å². The number of carbonyl (C=O) groups is 5. The zero-order valence-electron chi connectivity index (χ0n) is 22.2. The van der Waals surface area contributed by atoms with Crippen LogP contribution in [0.3, 0.4) is 0 Å². The van der Waals surface area contributed by atoms with Crippen LogP contribution in [0.25, 0.3) is 0 Å². The molecule has 216 valence electrons. The van der Waals surface area contributed by atoms with Gasteiger partial charge in [0.25, 0.3) is 0 Å². The van der Waals surface area contributed by atoms with Gasteiger partial charge in [-0.05, 0) is 27.7 Å². The van der Waals surface area contributed by atoms with Crippen LogP contribution in [0.2, 0.25) is 0 Å². The molecule has 15 heteroatoms. The van der Waals surface area contributed by atoms with Gasteiger partial charge in [-0.3, -0.25) is 9.59 Å². The first-order valence-electron chi connectivity index (χ1n) is 11.8. The zero-order chi connectivity index (χ0) is 29.5. The normalized spacial score (nSPS) is 19.1. The average Bonchev–Trinajstić information content (AvgIpc) is 2.84. The number of aromatic hydroxyl groups is 2. The summed E-state index contributed by atoms with van der Waals surface area (Å²) in [4.78, 5) is 63.3. The molecular formula is C24H33N3O11S. The van der Waals surface area contributed by atoms with Crippen LogP contribution in [0, 0.1) is 6.92 Å². The van der Waals surface area contributed by atoms with Crippen LogP contribution >= 0.6 is 11.8 Å². The van der Waals surface area contributed by atoms with Crippen LogP contribution in [-0.2, 0) is 34.3 Å². The van der Waals surface area contributed by atoms with Gasteiger partial charge in [-0.15, -0.1) is 0 Å². The van der Waals surface area contributed by atoms with Crippen molar-refractivity contribution >= 4 is 41.6 Å². The third-order valence-corrected chi connectivity index (χ3v) is 6.45. The van der Waals surface area contributed by atoms with E-state index in [-0.39, 0.29) is 39.7 Å². The molecule has 2 rings (SSSR count). The van der Waals surface area contributed by atoms with Crippen molar-refractivity contribution in [3.8, 4) is 11.5 Å². The van der Waals surface area contributed by atoms with Crippen molar-refractivity contribution in [3.05, 3.63) is 22.8 Å². The monoisotopic (exact) mass is 571 g/mol. The predicted octanol–water partition coefficient (Wildman–Crippen LogP) is -0.162. The maximum absolute atomic E-state index is 13.1. The minimum Gasteiger partial charge on any atom is -0.508 e. The van der Waals surface area contributed by atoms with Gasteiger partial charge in [0.2, 0.25) is 11.8 Å². The van der Waals surface area contributed by atoms with E-state index in [2.05, 4.69) is 16.0 Å². The van der Waals surface area contributed by atoms with Gasteiger partial charge in [0.15, 0.2) is 0 Å². The third-order valence-electron chi connectivity index (χ3n) is 5.38. The molecule has 3 atom stereocenters. The maximum Gasteiger partial charge on any atom is 0.408 e. The zero-order valence-corrected chi connectivity index (χ0v) is 23.0. The van der Waals surface area contributed by atoms with Crippen molar-refractivity contribution in [2.24, 2.45) is 0 Å². The van der Waals surface area contributed by atoms with E-state index in [9.17, 15) is 39.3 Å². The van der Waals surface area contributed by atoms with Gasteiger partial charge in [0.1, 0.15) is 41.8 Å². The number of fused-ring (bicyclic) bond motifs is 1. The summed E-state index contributed by atoms with van der Waals surface area (Å²) >= 11 is 1.08. The van der Waals surface area contributed by atoms with Crippen LogP contribution in [0.1, 0.15) is 42.3 Å². The second-order valence-electron chi connectivity index (χ2n) is 9.53. The molecule has 0 saturated heterocycles. The van der Waals surface area contributed by atoms with E-state index in [0.29, 0.717) is 0 Å². The minimum absolute atomic E-state index is 0.0232. The van der Waals surface area contributed by atoms with Crippen LogP contribution in [0.4, 0.5) is 4.79 Å². The summed E-state index contributed by atoms with van der Waals surface area (Å²) < 4.78 is 15.1. The number of thioether (sulfide) groups is 1. The number of nitrogens with one attached hydrogen (secondary N) is 3. The minimum atomic E-state index is -1.58. The Morgan fingerprint density at radius 1 is 1.23 bits per heavy atom. The number of hydrogen-bond acceptors (Lipinski definition) is 12. The van der Waals surface area contributed by atoms with E-state index in [0.717, 1.165) is 24.9 Å². The molecule has 0 unspecified atom stereocenters. The number of esters is 2. The Balaban J connectivity index is 2.37. The number of carbonyl (C=O) groups excluding carboxylic acids is 5. The first-order valence-corrected chi connectivity index (χ1v) is 12.9. The summed E-state index contributed by atoms with van der Waals surface area (Å²) in [5.41, 5.74) is -0.777. The molecule has 0 fully saturated rings. The quantitative estimate of drug-likeness (QED) is 0.201. The highest BCUT2D eigenvalue weighted by Gasteiger charge is 2.33. The summed E-state index contributed by atoms with van der Waals surface area (Å²) in [6.45, 7) is 4.63. The lowest BCUT2D eigenvalue weighted by Gasteiger charge is -2.26. The number of rotatable bonds is 5. The van der Waals surface area contributed by atoms with Crippen molar-refractivity contribution in [2.45, 2.75) is 57.2 Å². The van der Waals surface area contributed by atoms with Gasteiger partial charge in [0.05, 0.1) is 19.3 Å². The number of ether oxygens (including phenoxy) is 3. The highest BCUT2D eigenvalue weighted by atomic mass is 32.2. The lowest BCUT2D eigenvalue weighted by molar-refractivity contribution is -0.144. The highest BCUT2D eigenvalue weighted by Crippen LogP contribution is 2.35. The number of methoxy groups -OCH3 is 1. The van der Waals surface area contributed by atoms with E-state index in [1.54, 1.807) is 20.8 Å². The molecule has 0 aliphatic carbocycles. The number of phenolic OH excluding ortho intramolecular Hbond substituents is 2. The van der Waals surface area contributed by atoms with Gasteiger partial charge in [-0.25, -0.2) is 14.4 Å². The number of cyclic esters (lactones) is 1. The first kappa shape index (κ1) is 31.5. The Morgan fingerprint density at radius 3 is 2.49 bits per heavy atom. The smallest absolute Gasteiger partial charge is 0.408 e.